The van der Waals surface area contributed by atoms with Gasteiger partial charge in [0.15, 0.2) is 5.96 Å². The molecule has 2 aromatic rings. The number of nitrogens with zero attached hydrogens (tertiary/aromatic N) is 1. The first-order valence-electron chi connectivity index (χ1n) is 7.22. The number of hydrogen-bond acceptors (Lipinski definition) is 2. The minimum Gasteiger partial charge on any atom is -0.356 e. The highest BCUT2D eigenvalue weighted by atomic mass is 127. The molecule has 0 bridgehead atoms. The first-order chi connectivity index (χ1) is 10.2. The summed E-state index contributed by atoms with van der Waals surface area (Å²) in [5.74, 6) is 1.30. The van der Waals surface area contributed by atoms with Gasteiger partial charge in [-0.2, -0.15) is 0 Å². The minimum absolute atomic E-state index is 0. The molecular formula is C17H24IN3S. The molecule has 22 heavy (non-hydrogen) atoms. The molecule has 0 fully saturated rings. The number of aryl methyl sites for hydroxylation is 1. The van der Waals surface area contributed by atoms with Gasteiger partial charge in [0, 0.05) is 18.5 Å². The van der Waals surface area contributed by atoms with E-state index in [1.54, 1.807) is 18.4 Å². The Kier molecular flexibility index (Phi) is 8.48. The summed E-state index contributed by atoms with van der Waals surface area (Å²) in [4.78, 5) is 5.58. The van der Waals surface area contributed by atoms with Gasteiger partial charge in [-0.25, -0.2) is 0 Å². The molecule has 0 saturated carbocycles. The normalized spacial score (nSPS) is 12.4. The summed E-state index contributed by atoms with van der Waals surface area (Å²) in [7, 11) is 1.81. The van der Waals surface area contributed by atoms with Crippen molar-refractivity contribution in [3.8, 4) is 0 Å². The lowest BCUT2D eigenvalue weighted by molar-refractivity contribution is 0.699. The van der Waals surface area contributed by atoms with Gasteiger partial charge in [-0.15, -0.1) is 35.3 Å². The summed E-state index contributed by atoms with van der Waals surface area (Å²) in [5, 5.41) is 8.82. The Morgan fingerprint density at radius 2 is 2.05 bits per heavy atom. The molecule has 0 saturated heterocycles. The van der Waals surface area contributed by atoms with Crippen LogP contribution in [0.5, 0.6) is 0 Å². The van der Waals surface area contributed by atoms with E-state index in [4.69, 9.17) is 0 Å². The number of guanidine groups is 1. The summed E-state index contributed by atoms with van der Waals surface area (Å²) in [6, 6.07) is 12.9. The highest BCUT2D eigenvalue weighted by Gasteiger charge is 2.07. The molecule has 1 heterocycles. The summed E-state index contributed by atoms with van der Waals surface area (Å²) in [6.45, 7) is 6.04. The lowest BCUT2D eigenvalue weighted by Crippen LogP contribution is -2.38. The minimum atomic E-state index is 0. The second-order valence-electron chi connectivity index (χ2n) is 5.20. The average molecular weight is 429 g/mol. The van der Waals surface area contributed by atoms with Crippen LogP contribution in [-0.2, 0) is 6.54 Å². The van der Waals surface area contributed by atoms with Crippen molar-refractivity contribution in [3.05, 3.63) is 57.8 Å². The summed E-state index contributed by atoms with van der Waals surface area (Å²) in [6.07, 6.45) is 0. The lowest BCUT2D eigenvalue weighted by Gasteiger charge is -2.16. The van der Waals surface area contributed by atoms with Crippen LogP contribution in [0.4, 0.5) is 0 Å². The van der Waals surface area contributed by atoms with E-state index in [9.17, 15) is 0 Å². The first-order valence-corrected chi connectivity index (χ1v) is 8.10. The van der Waals surface area contributed by atoms with E-state index < -0.39 is 0 Å². The smallest absolute Gasteiger partial charge is 0.191 e. The Hall–Kier alpha value is -1.08. The molecule has 1 aromatic carbocycles. The maximum atomic E-state index is 4.27. The van der Waals surface area contributed by atoms with Gasteiger partial charge in [0.2, 0.25) is 0 Å². The third-order valence-corrected chi connectivity index (χ3v) is 4.30. The van der Waals surface area contributed by atoms with Crippen LogP contribution in [0.1, 0.15) is 28.8 Å². The molecule has 1 aromatic heterocycles. The highest BCUT2D eigenvalue weighted by Crippen LogP contribution is 2.15. The predicted molar refractivity (Wildman–Crippen MR) is 108 cm³/mol. The Balaban J connectivity index is 0.00000242. The number of hydrogen-bond donors (Lipinski definition) is 2. The van der Waals surface area contributed by atoms with Gasteiger partial charge < -0.3 is 10.6 Å². The first kappa shape index (κ1) is 19.0. The molecule has 120 valence electrons. The van der Waals surface area contributed by atoms with E-state index in [0.29, 0.717) is 5.92 Å². The third-order valence-electron chi connectivity index (χ3n) is 3.42. The van der Waals surface area contributed by atoms with Crippen molar-refractivity contribution in [2.45, 2.75) is 26.3 Å². The molecule has 0 aliphatic heterocycles. The fraction of sp³-hybridized carbons (Fsp3) is 0.353. The van der Waals surface area contributed by atoms with Crippen molar-refractivity contribution < 1.29 is 0 Å². The summed E-state index contributed by atoms with van der Waals surface area (Å²) >= 11 is 1.75. The maximum absolute atomic E-state index is 4.27. The van der Waals surface area contributed by atoms with Crippen LogP contribution in [0.2, 0.25) is 0 Å². The molecule has 0 aliphatic carbocycles. The number of benzene rings is 1. The van der Waals surface area contributed by atoms with Crippen LogP contribution in [0.25, 0.3) is 0 Å². The monoisotopic (exact) mass is 429 g/mol. The zero-order valence-corrected chi connectivity index (χ0v) is 16.4. The second-order valence-corrected chi connectivity index (χ2v) is 6.23. The van der Waals surface area contributed by atoms with Crippen molar-refractivity contribution in [2.75, 3.05) is 13.6 Å². The Morgan fingerprint density at radius 3 is 2.68 bits per heavy atom. The van der Waals surface area contributed by atoms with E-state index in [1.807, 2.05) is 0 Å². The van der Waals surface area contributed by atoms with E-state index in [0.717, 1.165) is 19.0 Å². The van der Waals surface area contributed by atoms with Gasteiger partial charge in [0.25, 0.3) is 0 Å². The van der Waals surface area contributed by atoms with Crippen LogP contribution < -0.4 is 10.6 Å². The van der Waals surface area contributed by atoms with E-state index in [1.165, 1.54) is 16.0 Å². The molecule has 5 heteroatoms. The lowest BCUT2D eigenvalue weighted by atomic mass is 9.99. The quantitative estimate of drug-likeness (QED) is 0.426. The van der Waals surface area contributed by atoms with Gasteiger partial charge in [-0.3, -0.25) is 4.99 Å². The van der Waals surface area contributed by atoms with E-state index in [2.05, 4.69) is 71.3 Å². The Bertz CT molecular complexity index is 581. The van der Waals surface area contributed by atoms with Crippen molar-refractivity contribution >= 4 is 41.3 Å². The SMILES string of the molecule is CN=C(NCc1cccs1)NCC(C)c1cccc(C)c1.I. The zero-order valence-electron chi connectivity index (χ0n) is 13.3. The molecule has 2 rings (SSSR count). The van der Waals surface area contributed by atoms with Crippen molar-refractivity contribution in [3.63, 3.8) is 0 Å². The third kappa shape index (κ3) is 5.96. The molecule has 1 unspecified atom stereocenters. The van der Waals surface area contributed by atoms with Crippen molar-refractivity contribution in [2.24, 2.45) is 4.99 Å². The van der Waals surface area contributed by atoms with Crippen LogP contribution in [0.3, 0.4) is 0 Å². The Morgan fingerprint density at radius 1 is 1.23 bits per heavy atom. The summed E-state index contributed by atoms with van der Waals surface area (Å²) in [5.41, 5.74) is 2.66. The molecule has 0 aliphatic rings. The zero-order chi connectivity index (χ0) is 15.1. The van der Waals surface area contributed by atoms with Gasteiger partial charge in [-0.1, -0.05) is 42.8 Å². The number of thiophene rings is 1. The molecule has 3 nitrogen and oxygen atoms in total. The van der Waals surface area contributed by atoms with Crippen LogP contribution in [-0.4, -0.2) is 19.6 Å². The van der Waals surface area contributed by atoms with Crippen LogP contribution >= 0.6 is 35.3 Å². The number of nitrogens with one attached hydrogen (secondary N) is 2. The van der Waals surface area contributed by atoms with Gasteiger partial charge in [0.1, 0.15) is 0 Å². The average Bonchev–Trinajstić information content (AvgIpc) is 3.00. The highest BCUT2D eigenvalue weighted by molar-refractivity contribution is 14.0. The summed E-state index contributed by atoms with van der Waals surface area (Å²) < 4.78 is 0. The number of rotatable bonds is 5. The molecular weight excluding hydrogens is 405 g/mol. The van der Waals surface area contributed by atoms with Gasteiger partial charge in [-0.05, 0) is 29.9 Å². The van der Waals surface area contributed by atoms with Crippen molar-refractivity contribution in [1.82, 2.24) is 10.6 Å². The molecule has 2 N–H and O–H groups in total. The standard InChI is InChI=1S/C17H23N3S.HI/c1-13-6-4-7-15(10-13)14(2)11-19-17(18-3)20-12-16-8-5-9-21-16;/h4-10,14H,11-12H2,1-3H3,(H2,18,19,20);1H. The fourth-order valence-electron chi connectivity index (χ4n) is 2.15. The van der Waals surface area contributed by atoms with E-state index in [-0.39, 0.29) is 24.0 Å². The fourth-order valence-corrected chi connectivity index (χ4v) is 2.79. The molecule has 0 radical (unpaired) electrons. The maximum Gasteiger partial charge on any atom is 0.191 e. The molecule has 1 atom stereocenters. The number of halogens is 1. The van der Waals surface area contributed by atoms with E-state index >= 15 is 0 Å². The Labute approximate surface area is 154 Å². The van der Waals surface area contributed by atoms with Gasteiger partial charge in [0.05, 0.1) is 6.54 Å². The topological polar surface area (TPSA) is 36.4 Å². The van der Waals surface area contributed by atoms with Gasteiger partial charge >= 0.3 is 0 Å². The number of aliphatic imine (C=N–C) groups is 1. The largest absolute Gasteiger partial charge is 0.356 e. The van der Waals surface area contributed by atoms with Crippen LogP contribution in [0.15, 0.2) is 46.8 Å². The predicted octanol–water partition coefficient (Wildman–Crippen LogP) is 4.14. The van der Waals surface area contributed by atoms with Crippen molar-refractivity contribution in [1.29, 1.82) is 0 Å². The van der Waals surface area contributed by atoms with Crippen LogP contribution in [0, 0.1) is 6.92 Å². The second kappa shape index (κ2) is 9.84. The molecule has 0 spiro atoms. The molecule has 0 amide bonds.